The Kier molecular flexibility index (Phi) is 66.9. The van der Waals surface area contributed by atoms with E-state index in [2.05, 4.69) is 43.5 Å². The number of carbonyl (C=O) groups is 2. The highest BCUT2D eigenvalue weighted by molar-refractivity contribution is 5.76. The summed E-state index contributed by atoms with van der Waals surface area (Å²) in [5.74, 6) is -0.0664. The number of ether oxygens (including phenoxy) is 1. The van der Waals surface area contributed by atoms with Gasteiger partial charge in [-0.05, 0) is 83.5 Å². The summed E-state index contributed by atoms with van der Waals surface area (Å²) in [5.41, 5.74) is 0. The van der Waals surface area contributed by atoms with E-state index in [9.17, 15) is 19.8 Å². The summed E-state index contributed by atoms with van der Waals surface area (Å²) < 4.78 is 5.49. The van der Waals surface area contributed by atoms with Crippen LogP contribution in [0.1, 0.15) is 393 Å². The Labute approximate surface area is 494 Å². The minimum Gasteiger partial charge on any atom is -0.466 e. The van der Waals surface area contributed by atoms with Crippen molar-refractivity contribution < 1.29 is 24.5 Å². The number of nitrogens with one attached hydrogen (secondary N) is 1. The molecule has 0 aromatic rings. The third kappa shape index (κ3) is 65.1. The second kappa shape index (κ2) is 68.6. The van der Waals surface area contributed by atoms with E-state index in [4.69, 9.17) is 4.74 Å². The molecule has 0 rings (SSSR count). The number of aliphatic hydroxyl groups is 2. The third-order valence-corrected chi connectivity index (χ3v) is 16.6. The van der Waals surface area contributed by atoms with Crippen molar-refractivity contribution in [2.75, 3.05) is 13.2 Å². The van der Waals surface area contributed by atoms with Crippen LogP contribution in [-0.2, 0) is 14.3 Å². The van der Waals surface area contributed by atoms with E-state index in [1.54, 1.807) is 6.08 Å². The lowest BCUT2D eigenvalue weighted by Crippen LogP contribution is -2.45. The molecule has 0 aromatic carbocycles. The molecule has 0 radical (unpaired) electrons. The molecule has 3 N–H and O–H groups in total. The van der Waals surface area contributed by atoms with Crippen molar-refractivity contribution in [2.45, 2.75) is 405 Å². The fourth-order valence-corrected chi connectivity index (χ4v) is 11.2. The second-order valence-electron chi connectivity index (χ2n) is 24.6. The summed E-state index contributed by atoms with van der Waals surface area (Å²) in [5, 5.41) is 23.3. The van der Waals surface area contributed by atoms with Gasteiger partial charge in [0.1, 0.15) is 0 Å². The zero-order chi connectivity index (χ0) is 57.1. The first-order valence-corrected chi connectivity index (χ1v) is 35.8. The lowest BCUT2D eigenvalue weighted by Gasteiger charge is -2.20. The quantitative estimate of drug-likeness (QED) is 0.0320. The van der Waals surface area contributed by atoms with E-state index in [-0.39, 0.29) is 18.5 Å². The van der Waals surface area contributed by atoms with Crippen LogP contribution in [0.2, 0.25) is 0 Å². The Hall–Kier alpha value is -1.92. The zero-order valence-electron chi connectivity index (χ0n) is 53.4. The van der Waals surface area contributed by atoms with E-state index in [1.165, 1.54) is 315 Å². The van der Waals surface area contributed by atoms with Crippen LogP contribution in [0.5, 0.6) is 0 Å². The summed E-state index contributed by atoms with van der Waals surface area (Å²) in [7, 11) is 0. The molecule has 2 atom stereocenters. The first kappa shape index (κ1) is 77.1. The fourth-order valence-electron chi connectivity index (χ4n) is 11.2. The average Bonchev–Trinajstić information content (AvgIpc) is 3.45. The second-order valence-corrected chi connectivity index (χ2v) is 24.6. The van der Waals surface area contributed by atoms with Gasteiger partial charge in [-0.25, -0.2) is 0 Å². The first-order chi connectivity index (χ1) is 39.0. The summed E-state index contributed by atoms with van der Waals surface area (Å²) in [6.07, 6.45) is 87.9. The van der Waals surface area contributed by atoms with Gasteiger partial charge in [0, 0.05) is 12.8 Å². The van der Waals surface area contributed by atoms with Gasteiger partial charge in [0.2, 0.25) is 5.91 Å². The highest BCUT2D eigenvalue weighted by Crippen LogP contribution is 2.18. The molecule has 6 nitrogen and oxygen atoms in total. The van der Waals surface area contributed by atoms with Crippen molar-refractivity contribution in [1.82, 2.24) is 5.32 Å². The minimum atomic E-state index is -0.850. The molecule has 79 heavy (non-hydrogen) atoms. The Bertz CT molecular complexity index is 1280. The highest BCUT2D eigenvalue weighted by atomic mass is 16.5. The summed E-state index contributed by atoms with van der Waals surface area (Å²) in [4.78, 5) is 24.6. The molecule has 2 unspecified atom stereocenters. The summed E-state index contributed by atoms with van der Waals surface area (Å²) in [6, 6.07) is -0.634. The molecule has 0 saturated carbocycles. The van der Waals surface area contributed by atoms with Gasteiger partial charge in [-0.15, -0.1) is 0 Å². The van der Waals surface area contributed by atoms with Crippen LogP contribution in [-0.4, -0.2) is 47.4 Å². The molecule has 6 heteroatoms. The monoisotopic (exact) mass is 1110 g/mol. The molecule has 0 bridgehead atoms. The van der Waals surface area contributed by atoms with Crippen molar-refractivity contribution in [3.8, 4) is 0 Å². The molecule has 0 spiro atoms. The number of allylic oxidation sites excluding steroid dienone is 5. The van der Waals surface area contributed by atoms with E-state index in [1.807, 2.05) is 6.08 Å². The molecule has 0 fully saturated rings. The number of aliphatic hydroxyl groups excluding tert-OH is 2. The minimum absolute atomic E-state index is 0.00420. The fraction of sp³-hybridized carbons (Fsp3) is 0.890. The van der Waals surface area contributed by atoms with Gasteiger partial charge in [0.05, 0.1) is 25.4 Å². The zero-order valence-corrected chi connectivity index (χ0v) is 53.4. The molecule has 0 heterocycles. The van der Waals surface area contributed by atoms with Crippen LogP contribution < -0.4 is 5.32 Å². The van der Waals surface area contributed by atoms with Gasteiger partial charge in [0.25, 0.3) is 0 Å². The van der Waals surface area contributed by atoms with Gasteiger partial charge in [-0.3, -0.25) is 9.59 Å². The molecule has 0 aromatic heterocycles. The number of rotatable bonds is 67. The van der Waals surface area contributed by atoms with Crippen LogP contribution in [0.15, 0.2) is 36.5 Å². The smallest absolute Gasteiger partial charge is 0.305 e. The molecule has 1 amide bonds. The Morgan fingerprint density at radius 2 is 0.595 bits per heavy atom. The van der Waals surface area contributed by atoms with E-state index in [0.29, 0.717) is 19.4 Å². The van der Waals surface area contributed by atoms with Crippen molar-refractivity contribution >= 4 is 11.9 Å². The van der Waals surface area contributed by atoms with Crippen LogP contribution in [0, 0.1) is 0 Å². The van der Waals surface area contributed by atoms with Crippen molar-refractivity contribution in [3.63, 3.8) is 0 Å². The number of carbonyl (C=O) groups excluding carboxylic acids is 2. The lowest BCUT2D eigenvalue weighted by atomic mass is 10.0. The number of unbranched alkanes of at least 4 members (excludes halogenated alkanes) is 52. The SMILES string of the molecule is CCCCCCCCC/C=C\CCCCCCCC(=O)OCCCCCCCCCCCCCC/C=C\CCCCCCCCCC(=O)NC(CO)C(O)/C=C/CCCCCCCCCCCCCCCCCCCCCCC. The molecule has 0 aliphatic heterocycles. The topological polar surface area (TPSA) is 95.9 Å². The van der Waals surface area contributed by atoms with Gasteiger partial charge in [0.15, 0.2) is 0 Å². The maximum atomic E-state index is 12.5. The van der Waals surface area contributed by atoms with Crippen LogP contribution >= 0.6 is 0 Å². The predicted molar refractivity (Wildman–Crippen MR) is 347 cm³/mol. The molecular formula is C73H139NO5. The normalized spacial score (nSPS) is 12.7. The molecule has 0 aliphatic rings. The maximum absolute atomic E-state index is 12.5. The van der Waals surface area contributed by atoms with Crippen LogP contribution in [0.3, 0.4) is 0 Å². The Morgan fingerprint density at radius 1 is 0.342 bits per heavy atom. The number of esters is 1. The standard InChI is InChI=1S/C73H139NO5/c1-3-5-7-9-11-13-15-17-19-21-22-23-25-28-31-34-37-41-45-49-53-57-61-65-71(76)70(69-75)74-72(77)66-62-58-54-50-46-42-38-35-32-29-26-24-27-30-33-36-40-44-48-52-56-60-64-68-79-73(78)67-63-59-55-51-47-43-39-20-18-16-14-12-10-8-6-4-2/h20,29,32,39,61,65,70-71,75-76H,3-19,21-28,30-31,33-38,40-60,62-64,66-69H2,1-2H3,(H,74,77)/b32-29-,39-20-,65-61+. The third-order valence-electron chi connectivity index (χ3n) is 16.6. The van der Waals surface area contributed by atoms with Crippen molar-refractivity contribution in [2.24, 2.45) is 0 Å². The van der Waals surface area contributed by atoms with E-state index in [0.717, 1.165) is 51.4 Å². The van der Waals surface area contributed by atoms with E-state index >= 15 is 0 Å². The molecule has 0 saturated heterocycles. The highest BCUT2D eigenvalue weighted by Gasteiger charge is 2.18. The number of hydrogen-bond acceptors (Lipinski definition) is 5. The molecular weight excluding hydrogens is 971 g/mol. The lowest BCUT2D eigenvalue weighted by molar-refractivity contribution is -0.143. The average molecular weight is 1110 g/mol. The van der Waals surface area contributed by atoms with E-state index < -0.39 is 12.1 Å². The van der Waals surface area contributed by atoms with Gasteiger partial charge in [-0.2, -0.15) is 0 Å². The number of amides is 1. The van der Waals surface area contributed by atoms with Gasteiger partial charge in [-0.1, -0.05) is 333 Å². The van der Waals surface area contributed by atoms with Crippen LogP contribution in [0.4, 0.5) is 0 Å². The van der Waals surface area contributed by atoms with Crippen LogP contribution in [0.25, 0.3) is 0 Å². The summed E-state index contributed by atoms with van der Waals surface area (Å²) >= 11 is 0. The Morgan fingerprint density at radius 3 is 0.899 bits per heavy atom. The molecule has 0 aliphatic carbocycles. The largest absolute Gasteiger partial charge is 0.466 e. The van der Waals surface area contributed by atoms with Gasteiger partial charge >= 0.3 is 5.97 Å². The van der Waals surface area contributed by atoms with Gasteiger partial charge < -0.3 is 20.3 Å². The van der Waals surface area contributed by atoms with Crippen molar-refractivity contribution in [1.29, 1.82) is 0 Å². The van der Waals surface area contributed by atoms with Crippen molar-refractivity contribution in [3.05, 3.63) is 36.5 Å². The summed E-state index contributed by atoms with van der Waals surface area (Å²) in [6.45, 7) is 4.93. The predicted octanol–water partition coefficient (Wildman–Crippen LogP) is 23.1. The first-order valence-electron chi connectivity index (χ1n) is 35.8. The number of hydrogen-bond donors (Lipinski definition) is 3. The Balaban J connectivity index is 3.44. The maximum Gasteiger partial charge on any atom is 0.305 e. The molecule has 466 valence electrons.